The molecule has 1 atom stereocenters. The van der Waals surface area contributed by atoms with Crippen molar-refractivity contribution in [2.45, 2.75) is 17.5 Å². The number of imidazole rings is 1. The van der Waals surface area contributed by atoms with Gasteiger partial charge in [0, 0.05) is 30.7 Å². The Morgan fingerprint density at radius 2 is 2.25 bits per heavy atom. The number of thiazole rings is 1. The molecule has 0 aliphatic carbocycles. The molecule has 2 aromatic heterocycles. The van der Waals surface area contributed by atoms with E-state index in [0.717, 1.165) is 6.42 Å². The zero-order valence-electron chi connectivity index (χ0n) is 11.2. The van der Waals surface area contributed by atoms with Gasteiger partial charge in [0.2, 0.25) is 0 Å². The van der Waals surface area contributed by atoms with Gasteiger partial charge in [-0.1, -0.05) is 11.6 Å². The van der Waals surface area contributed by atoms with E-state index in [2.05, 4.69) is 4.98 Å². The first kappa shape index (κ1) is 14.3. The van der Waals surface area contributed by atoms with Gasteiger partial charge in [-0.2, -0.15) is 4.31 Å². The Hall–Kier alpha value is -0.670. The smallest absolute Gasteiger partial charge is 0.262 e. The molecule has 1 unspecified atom stereocenters. The second-order valence-corrected chi connectivity index (χ2v) is 8.12. The number of sulfonamides is 1. The van der Waals surface area contributed by atoms with Crippen molar-refractivity contribution in [3.63, 3.8) is 0 Å². The summed E-state index contributed by atoms with van der Waals surface area (Å²) >= 11 is 7.39. The predicted octanol–water partition coefficient (Wildman–Crippen LogP) is 1.37. The third-order valence-corrected chi connectivity index (χ3v) is 6.64. The highest BCUT2D eigenvalue weighted by Gasteiger charge is 2.37. The lowest BCUT2D eigenvalue weighted by atomic mass is 10.2. The molecule has 3 rings (SSSR count). The van der Waals surface area contributed by atoms with Crippen molar-refractivity contribution in [1.29, 1.82) is 0 Å². The number of hydrogen-bond donors (Lipinski definition) is 0. The maximum Gasteiger partial charge on any atom is 0.262 e. The van der Waals surface area contributed by atoms with E-state index in [1.807, 2.05) is 19.0 Å². The van der Waals surface area contributed by atoms with Crippen molar-refractivity contribution in [3.05, 3.63) is 16.7 Å². The molecular formula is C11H15ClN4O2S2. The first-order chi connectivity index (χ1) is 9.41. The number of likely N-dealkylation sites (N-methyl/N-ethyl adjacent to an activating group) is 1. The normalized spacial score (nSPS) is 21.3. The maximum atomic E-state index is 12.8. The van der Waals surface area contributed by atoms with Gasteiger partial charge in [-0.15, -0.1) is 11.3 Å². The minimum atomic E-state index is -3.61. The summed E-state index contributed by atoms with van der Waals surface area (Å²) < 4.78 is 28.6. The molecule has 110 valence electrons. The number of fused-ring (bicyclic) bond motifs is 1. The molecule has 1 saturated heterocycles. The zero-order valence-corrected chi connectivity index (χ0v) is 13.5. The van der Waals surface area contributed by atoms with E-state index in [9.17, 15) is 8.42 Å². The molecule has 2 aromatic rings. The lowest BCUT2D eigenvalue weighted by Crippen LogP contribution is -2.35. The molecule has 1 aliphatic rings. The van der Waals surface area contributed by atoms with Crippen molar-refractivity contribution in [2.75, 3.05) is 27.2 Å². The molecule has 1 fully saturated rings. The van der Waals surface area contributed by atoms with E-state index in [1.54, 1.807) is 16.0 Å². The van der Waals surface area contributed by atoms with Crippen LogP contribution in [0.3, 0.4) is 0 Å². The first-order valence-corrected chi connectivity index (χ1v) is 8.88. The van der Waals surface area contributed by atoms with E-state index in [1.165, 1.54) is 15.6 Å². The second kappa shape index (κ2) is 4.96. The quantitative estimate of drug-likeness (QED) is 0.850. The van der Waals surface area contributed by atoms with Gasteiger partial charge in [0.05, 0.1) is 0 Å². The summed E-state index contributed by atoms with van der Waals surface area (Å²) in [5, 5.41) is 1.92. The molecule has 3 heterocycles. The number of hydrogen-bond acceptors (Lipinski definition) is 5. The summed E-state index contributed by atoms with van der Waals surface area (Å²) in [6, 6.07) is 0.245. The average molecular weight is 335 g/mol. The van der Waals surface area contributed by atoms with E-state index >= 15 is 0 Å². The lowest BCUT2D eigenvalue weighted by Gasteiger charge is -2.20. The highest BCUT2D eigenvalue weighted by Crippen LogP contribution is 2.30. The zero-order chi connectivity index (χ0) is 14.5. The minimum Gasteiger partial charge on any atom is -0.305 e. The summed E-state index contributed by atoms with van der Waals surface area (Å²) in [5.74, 6) is 0. The Morgan fingerprint density at radius 3 is 2.90 bits per heavy atom. The van der Waals surface area contributed by atoms with Crippen LogP contribution in [0.4, 0.5) is 0 Å². The van der Waals surface area contributed by atoms with Gasteiger partial charge in [-0.05, 0) is 20.5 Å². The standard InChI is InChI=1S/C11H15ClN4O2S2/c1-14(2)8-3-4-15(7-8)20(17,18)10-9(12)13-11-16(10)5-6-19-11/h5-6,8H,3-4,7H2,1-2H3. The molecule has 0 N–H and O–H groups in total. The summed E-state index contributed by atoms with van der Waals surface area (Å²) in [7, 11) is 0.317. The van der Waals surface area contributed by atoms with Gasteiger partial charge in [0.25, 0.3) is 10.0 Å². The first-order valence-electron chi connectivity index (χ1n) is 6.19. The van der Waals surface area contributed by atoms with Crippen LogP contribution in [0.5, 0.6) is 0 Å². The van der Waals surface area contributed by atoms with Crippen LogP contribution in [0.15, 0.2) is 16.6 Å². The largest absolute Gasteiger partial charge is 0.305 e. The summed E-state index contributed by atoms with van der Waals surface area (Å²) in [6.07, 6.45) is 2.51. The van der Waals surface area contributed by atoms with Crippen molar-refractivity contribution in [1.82, 2.24) is 18.6 Å². The second-order valence-electron chi connectivity index (χ2n) is 5.03. The van der Waals surface area contributed by atoms with Crippen LogP contribution in [0.1, 0.15) is 6.42 Å². The average Bonchev–Trinajstić information content (AvgIpc) is 3.00. The van der Waals surface area contributed by atoms with Crippen molar-refractivity contribution < 1.29 is 8.42 Å². The summed E-state index contributed by atoms with van der Waals surface area (Å²) in [6.45, 7) is 1.00. The van der Waals surface area contributed by atoms with Crippen LogP contribution in [0.2, 0.25) is 5.15 Å². The molecule has 9 heteroatoms. The van der Waals surface area contributed by atoms with Crippen molar-refractivity contribution in [2.24, 2.45) is 0 Å². The molecule has 0 radical (unpaired) electrons. The molecule has 0 amide bonds. The Labute approximate surface area is 126 Å². The number of aromatic nitrogens is 2. The molecule has 0 aromatic carbocycles. The highest BCUT2D eigenvalue weighted by atomic mass is 35.5. The van der Waals surface area contributed by atoms with Gasteiger partial charge >= 0.3 is 0 Å². The minimum absolute atomic E-state index is 0.0464. The van der Waals surface area contributed by atoms with Gasteiger partial charge in [-0.25, -0.2) is 13.4 Å². The number of rotatable bonds is 3. The van der Waals surface area contributed by atoms with E-state index < -0.39 is 10.0 Å². The van der Waals surface area contributed by atoms with Gasteiger partial charge in [-0.3, -0.25) is 4.40 Å². The van der Waals surface area contributed by atoms with E-state index in [0.29, 0.717) is 18.1 Å². The molecular weight excluding hydrogens is 320 g/mol. The molecule has 20 heavy (non-hydrogen) atoms. The predicted molar refractivity (Wildman–Crippen MR) is 78.9 cm³/mol. The maximum absolute atomic E-state index is 12.8. The fourth-order valence-electron chi connectivity index (χ4n) is 2.44. The van der Waals surface area contributed by atoms with Crippen molar-refractivity contribution in [3.8, 4) is 0 Å². The molecule has 0 bridgehead atoms. The molecule has 1 aliphatic heterocycles. The van der Waals surface area contributed by atoms with Crippen LogP contribution in [-0.4, -0.2) is 60.2 Å². The van der Waals surface area contributed by atoms with Gasteiger partial charge < -0.3 is 4.90 Å². The van der Waals surface area contributed by atoms with Crippen LogP contribution in [-0.2, 0) is 10.0 Å². The Bertz CT molecular complexity index is 737. The van der Waals surface area contributed by atoms with E-state index in [-0.39, 0.29) is 16.2 Å². The lowest BCUT2D eigenvalue weighted by molar-refractivity contribution is 0.302. The molecule has 6 nitrogen and oxygen atoms in total. The Morgan fingerprint density at radius 1 is 1.50 bits per heavy atom. The van der Waals surface area contributed by atoms with E-state index in [4.69, 9.17) is 11.6 Å². The van der Waals surface area contributed by atoms with Crippen LogP contribution < -0.4 is 0 Å². The van der Waals surface area contributed by atoms with Crippen LogP contribution in [0, 0.1) is 0 Å². The Balaban J connectivity index is 2.00. The molecule has 0 spiro atoms. The monoisotopic (exact) mass is 334 g/mol. The van der Waals surface area contributed by atoms with Gasteiger partial charge in [0.1, 0.15) is 0 Å². The third kappa shape index (κ3) is 2.15. The number of nitrogens with zero attached hydrogens (tertiary/aromatic N) is 4. The molecule has 0 saturated carbocycles. The van der Waals surface area contributed by atoms with Crippen molar-refractivity contribution >= 4 is 37.9 Å². The van der Waals surface area contributed by atoms with Crippen LogP contribution >= 0.6 is 22.9 Å². The number of halogens is 1. The summed E-state index contributed by atoms with van der Waals surface area (Å²) in [4.78, 5) is 6.74. The topological polar surface area (TPSA) is 57.9 Å². The summed E-state index contributed by atoms with van der Waals surface area (Å²) in [5.41, 5.74) is 0. The highest BCUT2D eigenvalue weighted by molar-refractivity contribution is 7.89. The van der Waals surface area contributed by atoms with Crippen LogP contribution in [0.25, 0.3) is 4.96 Å². The third-order valence-electron chi connectivity index (χ3n) is 3.62. The SMILES string of the molecule is CN(C)C1CCN(S(=O)(=O)c2c(Cl)nc3sccn23)C1. The Kier molecular flexibility index (Phi) is 3.54. The fourth-order valence-corrected chi connectivity index (χ4v) is 5.34. The van der Waals surface area contributed by atoms with Gasteiger partial charge in [0.15, 0.2) is 15.1 Å². The fraction of sp³-hybridized carbons (Fsp3) is 0.545.